The minimum atomic E-state index is 0.185. The van der Waals surface area contributed by atoms with Gasteiger partial charge in [0, 0.05) is 12.0 Å². The van der Waals surface area contributed by atoms with E-state index >= 15 is 0 Å². The highest BCUT2D eigenvalue weighted by atomic mass is 16.5. The molecule has 1 aliphatic heterocycles. The average Bonchev–Trinajstić information content (AvgIpc) is 2.48. The maximum atomic E-state index is 11.5. The van der Waals surface area contributed by atoms with Gasteiger partial charge in [0.05, 0.1) is 13.1 Å². The third kappa shape index (κ3) is 4.35. The zero-order chi connectivity index (χ0) is 13.5. The molecule has 19 heavy (non-hydrogen) atoms. The van der Waals surface area contributed by atoms with E-state index in [0.29, 0.717) is 6.42 Å². The Morgan fingerprint density at radius 1 is 1.16 bits per heavy atom. The number of carbonyl (C=O) groups is 1. The molecule has 0 aromatic heterocycles. The molecular weight excluding hydrogens is 238 g/mol. The van der Waals surface area contributed by atoms with E-state index in [-0.39, 0.29) is 5.78 Å². The van der Waals surface area contributed by atoms with Gasteiger partial charge in [0.25, 0.3) is 0 Å². The van der Waals surface area contributed by atoms with Gasteiger partial charge in [-0.25, -0.2) is 0 Å². The van der Waals surface area contributed by atoms with Crippen molar-refractivity contribution in [1.82, 2.24) is 0 Å². The van der Waals surface area contributed by atoms with Crippen molar-refractivity contribution in [2.75, 3.05) is 26.2 Å². The summed E-state index contributed by atoms with van der Waals surface area (Å²) in [5.41, 5.74) is 0.775. The lowest BCUT2D eigenvalue weighted by molar-refractivity contribution is -0.904. The van der Waals surface area contributed by atoms with Crippen LogP contribution in [-0.2, 0) is 0 Å². The number of quaternary nitrogens is 1. The van der Waals surface area contributed by atoms with Crippen LogP contribution in [0.3, 0.4) is 0 Å². The molecule has 3 nitrogen and oxygen atoms in total. The van der Waals surface area contributed by atoms with Gasteiger partial charge in [0.2, 0.25) is 0 Å². The molecule has 0 radical (unpaired) electrons. The van der Waals surface area contributed by atoms with Crippen LogP contribution in [0, 0.1) is 0 Å². The summed E-state index contributed by atoms with van der Waals surface area (Å²) in [5, 5.41) is 0. The van der Waals surface area contributed by atoms with Gasteiger partial charge in [-0.3, -0.25) is 4.79 Å². The third-order valence-electron chi connectivity index (χ3n) is 3.78. The summed E-state index contributed by atoms with van der Waals surface area (Å²) in [4.78, 5) is 13.2. The second-order valence-corrected chi connectivity index (χ2v) is 5.21. The highest BCUT2D eigenvalue weighted by Gasteiger charge is 2.12. The van der Waals surface area contributed by atoms with Crippen LogP contribution in [0.15, 0.2) is 24.3 Å². The maximum Gasteiger partial charge on any atom is 0.162 e. The summed E-state index contributed by atoms with van der Waals surface area (Å²) in [7, 11) is 0. The predicted octanol–water partition coefficient (Wildman–Crippen LogP) is 1.73. The van der Waals surface area contributed by atoms with E-state index in [2.05, 4.69) is 0 Å². The van der Waals surface area contributed by atoms with E-state index in [4.69, 9.17) is 4.74 Å². The SMILES string of the molecule is CCC(=O)c1ccc(OCC[NH+]2CCCCC2)cc1. The van der Waals surface area contributed by atoms with Crippen molar-refractivity contribution in [3.63, 3.8) is 0 Å². The lowest BCUT2D eigenvalue weighted by atomic mass is 10.1. The summed E-state index contributed by atoms with van der Waals surface area (Å²) in [6, 6.07) is 7.51. The molecule has 1 aromatic carbocycles. The maximum absolute atomic E-state index is 11.5. The molecule has 0 aliphatic carbocycles. The summed E-state index contributed by atoms with van der Waals surface area (Å²) >= 11 is 0. The molecule has 0 spiro atoms. The normalized spacial score (nSPS) is 16.3. The monoisotopic (exact) mass is 262 g/mol. The number of Topliss-reactive ketones (excluding diaryl/α,β-unsaturated/α-hetero) is 1. The Bertz CT molecular complexity index is 394. The molecule has 0 saturated carbocycles. The molecule has 0 unspecified atom stereocenters. The number of nitrogens with one attached hydrogen (secondary N) is 1. The number of likely N-dealkylation sites (tertiary alicyclic amines) is 1. The van der Waals surface area contributed by atoms with E-state index in [1.165, 1.54) is 32.4 Å². The fourth-order valence-corrected chi connectivity index (χ4v) is 2.56. The molecule has 1 N–H and O–H groups in total. The number of rotatable bonds is 6. The molecule has 2 rings (SSSR count). The molecule has 1 fully saturated rings. The number of benzene rings is 1. The standard InChI is InChI=1S/C16H23NO2/c1-2-16(18)14-6-8-15(9-7-14)19-13-12-17-10-4-3-5-11-17/h6-9H,2-5,10-13H2,1H3/p+1. The summed E-state index contributed by atoms with van der Waals surface area (Å²) in [5.74, 6) is 1.05. The van der Waals surface area contributed by atoms with Crippen LogP contribution in [0.2, 0.25) is 0 Å². The Morgan fingerprint density at radius 2 is 1.84 bits per heavy atom. The Hall–Kier alpha value is -1.35. The molecule has 104 valence electrons. The van der Waals surface area contributed by atoms with Crippen LogP contribution < -0.4 is 9.64 Å². The van der Waals surface area contributed by atoms with Gasteiger partial charge in [0.15, 0.2) is 5.78 Å². The van der Waals surface area contributed by atoms with E-state index in [1.54, 1.807) is 4.90 Å². The van der Waals surface area contributed by atoms with Crippen molar-refractivity contribution >= 4 is 5.78 Å². The Labute approximate surface area is 115 Å². The lowest BCUT2D eigenvalue weighted by Crippen LogP contribution is -3.13. The number of hydrogen-bond acceptors (Lipinski definition) is 2. The van der Waals surface area contributed by atoms with E-state index in [0.717, 1.165) is 24.5 Å². The minimum Gasteiger partial charge on any atom is -0.488 e. The van der Waals surface area contributed by atoms with Crippen LogP contribution in [-0.4, -0.2) is 32.0 Å². The number of carbonyl (C=O) groups excluding carboxylic acids is 1. The molecule has 0 atom stereocenters. The minimum absolute atomic E-state index is 0.185. The molecule has 1 aromatic rings. The van der Waals surface area contributed by atoms with Crippen molar-refractivity contribution in [2.24, 2.45) is 0 Å². The Kier molecular flexibility index (Phi) is 5.40. The van der Waals surface area contributed by atoms with Crippen LogP contribution in [0.25, 0.3) is 0 Å². The van der Waals surface area contributed by atoms with Gasteiger partial charge in [-0.05, 0) is 43.5 Å². The van der Waals surface area contributed by atoms with Gasteiger partial charge in [-0.15, -0.1) is 0 Å². The first-order valence-corrected chi connectivity index (χ1v) is 7.39. The lowest BCUT2D eigenvalue weighted by Gasteiger charge is -2.23. The van der Waals surface area contributed by atoms with Gasteiger partial charge in [0.1, 0.15) is 18.9 Å². The zero-order valence-corrected chi connectivity index (χ0v) is 11.8. The smallest absolute Gasteiger partial charge is 0.162 e. The van der Waals surface area contributed by atoms with Crippen molar-refractivity contribution in [2.45, 2.75) is 32.6 Å². The highest BCUT2D eigenvalue weighted by Crippen LogP contribution is 2.13. The second kappa shape index (κ2) is 7.29. The topological polar surface area (TPSA) is 30.7 Å². The quantitative estimate of drug-likeness (QED) is 0.792. The summed E-state index contributed by atoms with van der Waals surface area (Å²) in [6.45, 7) is 6.29. The number of hydrogen-bond donors (Lipinski definition) is 1. The van der Waals surface area contributed by atoms with Crippen LogP contribution in [0.1, 0.15) is 43.0 Å². The molecular formula is C16H24NO2+. The molecule has 1 saturated heterocycles. The summed E-state index contributed by atoms with van der Waals surface area (Å²) < 4.78 is 5.74. The van der Waals surface area contributed by atoms with Crippen molar-refractivity contribution < 1.29 is 14.4 Å². The molecule has 0 amide bonds. The van der Waals surface area contributed by atoms with Crippen LogP contribution in [0.5, 0.6) is 5.75 Å². The van der Waals surface area contributed by atoms with Gasteiger partial charge < -0.3 is 9.64 Å². The number of piperidine rings is 1. The molecule has 1 heterocycles. The third-order valence-corrected chi connectivity index (χ3v) is 3.78. The van der Waals surface area contributed by atoms with Crippen LogP contribution in [0.4, 0.5) is 0 Å². The Balaban J connectivity index is 1.75. The van der Waals surface area contributed by atoms with Gasteiger partial charge in [-0.1, -0.05) is 6.92 Å². The first-order chi connectivity index (χ1) is 9.29. The van der Waals surface area contributed by atoms with Crippen molar-refractivity contribution in [1.29, 1.82) is 0 Å². The molecule has 1 aliphatic rings. The van der Waals surface area contributed by atoms with Crippen molar-refractivity contribution in [3.8, 4) is 5.75 Å². The summed E-state index contributed by atoms with van der Waals surface area (Å²) in [6.07, 6.45) is 4.64. The zero-order valence-electron chi connectivity index (χ0n) is 11.8. The van der Waals surface area contributed by atoms with Crippen molar-refractivity contribution in [3.05, 3.63) is 29.8 Å². The predicted molar refractivity (Wildman–Crippen MR) is 76.0 cm³/mol. The van der Waals surface area contributed by atoms with Gasteiger partial charge in [-0.2, -0.15) is 0 Å². The first-order valence-electron chi connectivity index (χ1n) is 7.39. The largest absolute Gasteiger partial charge is 0.488 e. The second-order valence-electron chi connectivity index (χ2n) is 5.21. The van der Waals surface area contributed by atoms with Gasteiger partial charge >= 0.3 is 0 Å². The first kappa shape index (κ1) is 14.1. The number of ketones is 1. The number of ether oxygens (including phenoxy) is 1. The fourth-order valence-electron chi connectivity index (χ4n) is 2.56. The highest BCUT2D eigenvalue weighted by molar-refractivity contribution is 5.95. The van der Waals surface area contributed by atoms with E-state index in [1.807, 2.05) is 31.2 Å². The average molecular weight is 262 g/mol. The Morgan fingerprint density at radius 3 is 2.47 bits per heavy atom. The van der Waals surface area contributed by atoms with E-state index in [9.17, 15) is 4.79 Å². The molecule has 3 heteroatoms. The molecule has 0 bridgehead atoms. The fraction of sp³-hybridized carbons (Fsp3) is 0.562. The van der Waals surface area contributed by atoms with Crippen LogP contribution >= 0.6 is 0 Å². The van der Waals surface area contributed by atoms with E-state index < -0.39 is 0 Å².